The second-order valence-corrected chi connectivity index (χ2v) is 7.54. The minimum absolute atomic E-state index is 0.684. The zero-order valence-corrected chi connectivity index (χ0v) is 14.4. The van der Waals surface area contributed by atoms with E-state index in [2.05, 4.69) is 53.6 Å². The molecule has 3 heteroatoms. The zero-order chi connectivity index (χ0) is 15.8. The highest BCUT2D eigenvalue weighted by molar-refractivity contribution is 5.88. The van der Waals surface area contributed by atoms with Crippen molar-refractivity contribution in [2.75, 3.05) is 26.7 Å². The van der Waals surface area contributed by atoms with Crippen molar-refractivity contribution in [1.82, 2.24) is 15.2 Å². The third-order valence-corrected chi connectivity index (χ3v) is 5.97. The van der Waals surface area contributed by atoms with Crippen LogP contribution < -0.4 is 5.32 Å². The molecule has 0 spiro atoms. The van der Waals surface area contributed by atoms with Crippen molar-refractivity contribution in [3.8, 4) is 0 Å². The summed E-state index contributed by atoms with van der Waals surface area (Å²) in [4.78, 5) is 6.11. The predicted octanol–water partition coefficient (Wildman–Crippen LogP) is 3.52. The standard InChI is InChI=1S/C20H29N3/c1-3-8-21-9-7-14-10-17-16-5-4-6-18-20(16)15(12-22-18)11-19(17)23(2)13-14/h4-6,12,14,17,19,21-22H,3,7-11,13H2,1-2H3/t14-,17?,19-/m1/s1. The maximum atomic E-state index is 3.58. The van der Waals surface area contributed by atoms with Gasteiger partial charge in [-0.05, 0) is 68.9 Å². The molecule has 2 aliphatic rings. The average molecular weight is 311 g/mol. The number of nitrogens with one attached hydrogen (secondary N) is 2. The third kappa shape index (κ3) is 2.70. The molecule has 2 N–H and O–H groups in total. The Morgan fingerprint density at radius 1 is 1.30 bits per heavy atom. The molecular formula is C20H29N3. The number of aromatic nitrogens is 1. The number of likely N-dealkylation sites (N-methyl/N-ethyl adjacent to an activating group) is 1. The molecular weight excluding hydrogens is 282 g/mol. The number of hydrogen-bond donors (Lipinski definition) is 2. The summed E-state index contributed by atoms with van der Waals surface area (Å²) in [5.74, 6) is 1.53. The number of hydrogen-bond acceptors (Lipinski definition) is 2. The number of likely N-dealkylation sites (tertiary alicyclic amines) is 1. The van der Waals surface area contributed by atoms with Crippen LogP contribution in [0.2, 0.25) is 0 Å². The van der Waals surface area contributed by atoms with E-state index in [-0.39, 0.29) is 0 Å². The first-order chi connectivity index (χ1) is 11.3. The van der Waals surface area contributed by atoms with E-state index in [0.717, 1.165) is 12.5 Å². The van der Waals surface area contributed by atoms with Crippen molar-refractivity contribution in [3.05, 3.63) is 35.5 Å². The average Bonchev–Trinajstić information content (AvgIpc) is 2.97. The van der Waals surface area contributed by atoms with Crippen LogP contribution >= 0.6 is 0 Å². The first kappa shape index (κ1) is 15.2. The highest BCUT2D eigenvalue weighted by Gasteiger charge is 2.38. The van der Waals surface area contributed by atoms with Crippen molar-refractivity contribution >= 4 is 10.9 Å². The van der Waals surface area contributed by atoms with Crippen molar-refractivity contribution in [1.29, 1.82) is 0 Å². The Hall–Kier alpha value is -1.32. The molecule has 1 aromatic heterocycles. The summed E-state index contributed by atoms with van der Waals surface area (Å²) < 4.78 is 0. The molecule has 0 radical (unpaired) electrons. The molecule has 2 heterocycles. The van der Waals surface area contributed by atoms with Gasteiger partial charge in [0.2, 0.25) is 0 Å². The summed E-state index contributed by atoms with van der Waals surface area (Å²) in [7, 11) is 2.33. The third-order valence-electron chi connectivity index (χ3n) is 5.97. The number of rotatable bonds is 5. The lowest BCUT2D eigenvalue weighted by molar-refractivity contribution is 0.108. The molecule has 1 aliphatic carbocycles. The lowest BCUT2D eigenvalue weighted by Crippen LogP contribution is -2.48. The van der Waals surface area contributed by atoms with Gasteiger partial charge in [-0.15, -0.1) is 0 Å². The smallest absolute Gasteiger partial charge is 0.0459 e. The maximum absolute atomic E-state index is 3.58. The van der Waals surface area contributed by atoms with Gasteiger partial charge in [-0.1, -0.05) is 19.1 Å². The van der Waals surface area contributed by atoms with E-state index in [1.165, 1.54) is 55.2 Å². The highest BCUT2D eigenvalue weighted by Crippen LogP contribution is 2.44. The van der Waals surface area contributed by atoms with Crippen LogP contribution in [0.4, 0.5) is 0 Å². The van der Waals surface area contributed by atoms with E-state index in [0.29, 0.717) is 12.0 Å². The minimum atomic E-state index is 0.684. The van der Waals surface area contributed by atoms with Crippen LogP contribution in [-0.2, 0) is 6.42 Å². The van der Waals surface area contributed by atoms with E-state index in [9.17, 15) is 0 Å². The van der Waals surface area contributed by atoms with Crippen molar-refractivity contribution in [2.24, 2.45) is 5.92 Å². The van der Waals surface area contributed by atoms with Gasteiger partial charge in [-0.2, -0.15) is 0 Å². The summed E-state index contributed by atoms with van der Waals surface area (Å²) >= 11 is 0. The maximum Gasteiger partial charge on any atom is 0.0459 e. The van der Waals surface area contributed by atoms with Gasteiger partial charge in [0.1, 0.15) is 0 Å². The number of aromatic amines is 1. The molecule has 4 rings (SSSR count). The molecule has 1 fully saturated rings. The zero-order valence-electron chi connectivity index (χ0n) is 14.4. The van der Waals surface area contributed by atoms with Crippen molar-refractivity contribution < 1.29 is 0 Å². The van der Waals surface area contributed by atoms with Crippen molar-refractivity contribution in [2.45, 2.75) is 44.6 Å². The molecule has 1 unspecified atom stereocenters. The Labute approximate surface area is 139 Å². The van der Waals surface area contributed by atoms with Gasteiger partial charge in [-0.3, -0.25) is 0 Å². The van der Waals surface area contributed by atoms with Gasteiger partial charge in [0.25, 0.3) is 0 Å². The summed E-state index contributed by atoms with van der Waals surface area (Å²) in [5, 5.41) is 5.10. The van der Waals surface area contributed by atoms with Gasteiger partial charge in [0.15, 0.2) is 0 Å². The SMILES string of the molecule is CCCNCC[C@@H]1CC2c3cccc4[nH]cc(c34)C[C@H]2N(C)C1. The van der Waals surface area contributed by atoms with Crippen LogP contribution in [0.3, 0.4) is 0 Å². The molecule has 0 amide bonds. The molecule has 2 aromatic rings. The Morgan fingerprint density at radius 2 is 2.22 bits per heavy atom. The second kappa shape index (κ2) is 6.29. The normalized spacial score (nSPS) is 27.3. The van der Waals surface area contributed by atoms with Crippen LogP contribution in [0.5, 0.6) is 0 Å². The van der Waals surface area contributed by atoms with E-state index in [4.69, 9.17) is 0 Å². The predicted molar refractivity (Wildman–Crippen MR) is 97.0 cm³/mol. The lowest BCUT2D eigenvalue weighted by atomic mass is 9.72. The summed E-state index contributed by atoms with van der Waals surface area (Å²) in [6, 6.07) is 7.51. The van der Waals surface area contributed by atoms with Crippen molar-refractivity contribution in [3.63, 3.8) is 0 Å². The van der Waals surface area contributed by atoms with Gasteiger partial charge in [-0.25, -0.2) is 0 Å². The van der Waals surface area contributed by atoms with Gasteiger partial charge >= 0.3 is 0 Å². The molecule has 124 valence electrons. The van der Waals surface area contributed by atoms with Gasteiger partial charge in [0, 0.05) is 35.6 Å². The summed E-state index contributed by atoms with van der Waals surface area (Å²) in [6.07, 6.45) is 7.33. The fourth-order valence-electron chi connectivity index (χ4n) is 4.87. The number of fused-ring (bicyclic) bond motifs is 2. The molecule has 1 aliphatic heterocycles. The molecule has 1 aromatic carbocycles. The summed E-state index contributed by atoms with van der Waals surface area (Å²) in [6.45, 7) is 5.82. The fourth-order valence-corrected chi connectivity index (χ4v) is 4.87. The number of H-pyrrole nitrogens is 1. The minimum Gasteiger partial charge on any atom is -0.361 e. The van der Waals surface area contributed by atoms with Crippen LogP contribution in [0.1, 0.15) is 43.2 Å². The highest BCUT2D eigenvalue weighted by atomic mass is 15.1. The second-order valence-electron chi connectivity index (χ2n) is 7.54. The topological polar surface area (TPSA) is 31.1 Å². The molecule has 0 bridgehead atoms. The summed E-state index contributed by atoms with van der Waals surface area (Å²) in [5.41, 5.74) is 4.44. The molecule has 3 atom stereocenters. The first-order valence-corrected chi connectivity index (χ1v) is 9.27. The van der Waals surface area contributed by atoms with Crippen LogP contribution in [0.15, 0.2) is 24.4 Å². The largest absolute Gasteiger partial charge is 0.361 e. The first-order valence-electron chi connectivity index (χ1n) is 9.27. The number of benzene rings is 1. The van der Waals surface area contributed by atoms with Gasteiger partial charge in [0.05, 0.1) is 0 Å². The quantitative estimate of drug-likeness (QED) is 0.828. The number of piperidine rings is 1. The lowest BCUT2D eigenvalue weighted by Gasteiger charge is -2.45. The Kier molecular flexibility index (Phi) is 4.16. The van der Waals surface area contributed by atoms with E-state index < -0.39 is 0 Å². The fraction of sp³-hybridized carbons (Fsp3) is 0.600. The molecule has 1 saturated heterocycles. The van der Waals surface area contributed by atoms with E-state index in [1.54, 1.807) is 5.56 Å². The Morgan fingerprint density at radius 3 is 3.09 bits per heavy atom. The van der Waals surface area contributed by atoms with Crippen LogP contribution in [-0.4, -0.2) is 42.6 Å². The molecule has 0 saturated carbocycles. The van der Waals surface area contributed by atoms with E-state index in [1.807, 2.05) is 0 Å². The molecule has 23 heavy (non-hydrogen) atoms. The Bertz CT molecular complexity index is 675. The Balaban J connectivity index is 1.56. The number of nitrogens with zero attached hydrogens (tertiary/aromatic N) is 1. The van der Waals surface area contributed by atoms with Gasteiger partial charge < -0.3 is 15.2 Å². The van der Waals surface area contributed by atoms with Crippen LogP contribution in [0.25, 0.3) is 10.9 Å². The van der Waals surface area contributed by atoms with E-state index >= 15 is 0 Å². The van der Waals surface area contributed by atoms with Crippen LogP contribution in [0, 0.1) is 5.92 Å². The monoisotopic (exact) mass is 311 g/mol. The molecule has 3 nitrogen and oxygen atoms in total.